The minimum absolute atomic E-state index is 0.0788. The minimum Gasteiger partial charge on any atom is -0.462 e. The van der Waals surface area contributed by atoms with Crippen LogP contribution in [0.1, 0.15) is 73.3 Å². The van der Waals surface area contributed by atoms with E-state index in [9.17, 15) is 24.0 Å². The lowest BCUT2D eigenvalue weighted by molar-refractivity contribution is -0.202. The number of hydrogen-bond donors (Lipinski definition) is 0. The number of fused-ring (bicyclic) bond motifs is 3. The van der Waals surface area contributed by atoms with Crippen molar-refractivity contribution in [2.45, 2.75) is 92.1 Å². The number of carbonyl (C=O) groups is 5. The van der Waals surface area contributed by atoms with Crippen LogP contribution in [0.15, 0.2) is 59.7 Å². The summed E-state index contributed by atoms with van der Waals surface area (Å²) in [5.41, 5.74) is 0.459. The van der Waals surface area contributed by atoms with Crippen LogP contribution in [0.3, 0.4) is 0 Å². The lowest BCUT2D eigenvalue weighted by Crippen LogP contribution is -2.64. The van der Waals surface area contributed by atoms with Crippen LogP contribution >= 0.6 is 0 Å². The van der Waals surface area contributed by atoms with E-state index < -0.39 is 71.0 Å². The SMILES string of the molecule is C=C1C(OC(=O)C=Cc2ccccc2)CCC2(C)C(OC(C)=O)C(OC(C)=O)C3=C(C)C(=O)CC(C(OC(C)=O)C12)C3(C)C. The molecular weight excluding hydrogens is 564 g/mol. The van der Waals surface area contributed by atoms with Gasteiger partial charge in [0.05, 0.1) is 0 Å². The Labute approximate surface area is 258 Å². The number of allylic oxidation sites excluding steroid dienone is 1. The van der Waals surface area contributed by atoms with Crippen LogP contribution in [-0.4, -0.2) is 54.1 Å². The molecule has 7 unspecified atom stereocenters. The highest BCUT2D eigenvalue weighted by atomic mass is 16.6. The van der Waals surface area contributed by atoms with Crippen molar-refractivity contribution < 1.29 is 42.9 Å². The first-order valence-electron chi connectivity index (χ1n) is 15.0. The van der Waals surface area contributed by atoms with E-state index in [1.807, 2.05) is 51.1 Å². The van der Waals surface area contributed by atoms with Crippen molar-refractivity contribution >= 4 is 35.7 Å². The van der Waals surface area contributed by atoms with Crippen LogP contribution in [0.5, 0.6) is 0 Å². The van der Waals surface area contributed by atoms with E-state index in [0.717, 1.165) is 5.56 Å². The zero-order chi connectivity index (χ0) is 32.6. The standard InChI is InChI=1S/C35H42O9/c1-19-26(39)18-25-31(41-21(3)36)30-20(2)27(44-28(40)15-14-24-12-10-9-11-13-24)16-17-35(30,8)33(43-23(5)38)32(42-22(4)37)29(19)34(25,6)7/h9-15,25,27,30-33H,2,16-18H2,1,3-8H3. The first kappa shape index (κ1) is 32.9. The Morgan fingerprint density at radius 3 is 2.11 bits per heavy atom. The molecule has 0 saturated heterocycles. The van der Waals surface area contributed by atoms with Crippen molar-refractivity contribution in [2.75, 3.05) is 0 Å². The highest BCUT2D eigenvalue weighted by Gasteiger charge is 2.64. The van der Waals surface area contributed by atoms with Gasteiger partial charge in [-0.05, 0) is 53.5 Å². The quantitative estimate of drug-likeness (QED) is 0.183. The van der Waals surface area contributed by atoms with Crippen molar-refractivity contribution in [3.05, 3.63) is 65.3 Å². The number of Topliss-reactive ketones (excluding diaryl/α,β-unsaturated/α-hetero) is 1. The Morgan fingerprint density at radius 1 is 0.909 bits per heavy atom. The molecule has 9 nitrogen and oxygen atoms in total. The molecule has 0 aliphatic heterocycles. The Morgan fingerprint density at radius 2 is 1.52 bits per heavy atom. The lowest BCUT2D eigenvalue weighted by Gasteiger charge is -2.59. The summed E-state index contributed by atoms with van der Waals surface area (Å²) in [4.78, 5) is 64.4. The van der Waals surface area contributed by atoms with Gasteiger partial charge in [0.15, 0.2) is 11.9 Å². The van der Waals surface area contributed by atoms with Gasteiger partial charge in [0.2, 0.25) is 0 Å². The summed E-state index contributed by atoms with van der Waals surface area (Å²) >= 11 is 0. The van der Waals surface area contributed by atoms with Crippen LogP contribution in [0.2, 0.25) is 0 Å². The third-order valence-electron chi connectivity index (χ3n) is 9.61. The van der Waals surface area contributed by atoms with Crippen molar-refractivity contribution in [3.63, 3.8) is 0 Å². The zero-order valence-corrected chi connectivity index (χ0v) is 26.5. The second-order valence-corrected chi connectivity index (χ2v) is 12.9. The molecule has 9 heteroatoms. The number of ether oxygens (including phenoxy) is 4. The largest absolute Gasteiger partial charge is 0.462 e. The molecule has 0 aromatic heterocycles. The van der Waals surface area contributed by atoms with Crippen LogP contribution in [0.4, 0.5) is 0 Å². The second-order valence-electron chi connectivity index (χ2n) is 12.9. The maximum Gasteiger partial charge on any atom is 0.331 e. The monoisotopic (exact) mass is 606 g/mol. The molecule has 2 saturated carbocycles. The molecule has 0 spiro atoms. The van der Waals surface area contributed by atoms with E-state index in [0.29, 0.717) is 29.6 Å². The number of ketones is 1. The van der Waals surface area contributed by atoms with Gasteiger partial charge in [-0.2, -0.15) is 0 Å². The summed E-state index contributed by atoms with van der Waals surface area (Å²) < 4.78 is 24.0. The first-order chi connectivity index (χ1) is 20.6. The molecule has 0 heterocycles. The van der Waals surface area contributed by atoms with Crippen molar-refractivity contribution in [2.24, 2.45) is 22.7 Å². The first-order valence-corrected chi connectivity index (χ1v) is 15.0. The number of benzene rings is 1. The fourth-order valence-corrected chi connectivity index (χ4v) is 7.65. The van der Waals surface area contributed by atoms with E-state index in [-0.39, 0.29) is 12.2 Å². The van der Waals surface area contributed by atoms with Crippen LogP contribution < -0.4 is 0 Å². The molecule has 0 radical (unpaired) electrons. The van der Waals surface area contributed by atoms with E-state index in [1.54, 1.807) is 13.0 Å². The smallest absolute Gasteiger partial charge is 0.331 e. The predicted molar refractivity (Wildman–Crippen MR) is 162 cm³/mol. The van der Waals surface area contributed by atoms with E-state index >= 15 is 0 Å². The van der Waals surface area contributed by atoms with E-state index in [1.165, 1.54) is 26.8 Å². The average molecular weight is 607 g/mol. The number of hydrogen-bond acceptors (Lipinski definition) is 9. The molecule has 3 aliphatic rings. The fraction of sp³-hybridized carbons (Fsp3) is 0.514. The Hall–Kier alpha value is -4.01. The molecule has 7 atom stereocenters. The molecular formula is C35H42O9. The molecule has 1 aromatic carbocycles. The van der Waals surface area contributed by atoms with Gasteiger partial charge in [-0.3, -0.25) is 19.2 Å². The van der Waals surface area contributed by atoms with Crippen LogP contribution in [-0.2, 0) is 42.9 Å². The zero-order valence-electron chi connectivity index (χ0n) is 26.5. The van der Waals surface area contributed by atoms with E-state index in [4.69, 9.17) is 18.9 Å². The number of rotatable bonds is 6. The normalized spacial score (nSPS) is 31.3. The molecule has 0 N–H and O–H groups in total. The van der Waals surface area contributed by atoms with Crippen LogP contribution in [0, 0.1) is 22.7 Å². The summed E-state index contributed by atoms with van der Waals surface area (Å²) in [6.45, 7) is 15.6. The summed E-state index contributed by atoms with van der Waals surface area (Å²) in [6, 6.07) is 9.32. The second kappa shape index (κ2) is 12.5. The maximum absolute atomic E-state index is 13.5. The molecule has 44 heavy (non-hydrogen) atoms. The fourth-order valence-electron chi connectivity index (χ4n) is 7.65. The van der Waals surface area contributed by atoms with Gasteiger partial charge >= 0.3 is 23.9 Å². The number of esters is 4. The van der Waals surface area contributed by atoms with Crippen molar-refractivity contribution in [3.8, 4) is 0 Å². The summed E-state index contributed by atoms with van der Waals surface area (Å²) in [5.74, 6) is -3.76. The third-order valence-corrected chi connectivity index (χ3v) is 9.61. The van der Waals surface area contributed by atoms with Gasteiger partial charge in [-0.15, -0.1) is 0 Å². The van der Waals surface area contributed by atoms with Gasteiger partial charge in [0, 0.05) is 50.5 Å². The molecule has 236 valence electrons. The molecule has 2 bridgehead atoms. The summed E-state index contributed by atoms with van der Waals surface area (Å²) in [5, 5.41) is 0. The molecule has 1 aromatic rings. The molecule has 4 rings (SSSR count). The molecule has 3 aliphatic carbocycles. The Balaban J connectivity index is 1.86. The van der Waals surface area contributed by atoms with E-state index in [2.05, 4.69) is 6.58 Å². The van der Waals surface area contributed by atoms with Gasteiger partial charge in [0.1, 0.15) is 18.3 Å². The highest BCUT2D eigenvalue weighted by molar-refractivity contribution is 5.97. The molecule has 2 fully saturated rings. The van der Waals surface area contributed by atoms with Crippen molar-refractivity contribution in [1.82, 2.24) is 0 Å². The average Bonchev–Trinajstić information content (AvgIpc) is 2.93. The topological polar surface area (TPSA) is 122 Å². The van der Waals surface area contributed by atoms with Gasteiger partial charge in [-0.1, -0.05) is 57.7 Å². The summed E-state index contributed by atoms with van der Waals surface area (Å²) in [7, 11) is 0. The minimum atomic E-state index is -1.08. The van der Waals surface area contributed by atoms with Crippen LogP contribution in [0.25, 0.3) is 6.08 Å². The van der Waals surface area contributed by atoms with Crippen molar-refractivity contribution in [1.29, 1.82) is 0 Å². The lowest BCUT2D eigenvalue weighted by atomic mass is 9.49. The molecule has 0 amide bonds. The number of carbonyl (C=O) groups excluding carboxylic acids is 5. The summed E-state index contributed by atoms with van der Waals surface area (Å²) in [6.07, 6.45) is -0.0137. The maximum atomic E-state index is 13.5. The highest BCUT2D eigenvalue weighted by Crippen LogP contribution is 2.60. The predicted octanol–water partition coefficient (Wildman–Crippen LogP) is 5.32. The Kier molecular flexibility index (Phi) is 9.37. The van der Waals surface area contributed by atoms with Gasteiger partial charge in [-0.25, -0.2) is 4.79 Å². The van der Waals surface area contributed by atoms with Gasteiger partial charge in [0.25, 0.3) is 0 Å². The van der Waals surface area contributed by atoms with Gasteiger partial charge < -0.3 is 18.9 Å². The Bertz CT molecular complexity index is 1420. The third kappa shape index (κ3) is 6.28.